The molecule has 0 aliphatic carbocycles. The maximum atomic E-state index is 11.2. The summed E-state index contributed by atoms with van der Waals surface area (Å²) in [5.74, 6) is -1.27. The zero-order chi connectivity index (χ0) is 15.6. The van der Waals surface area contributed by atoms with Crippen molar-refractivity contribution in [3.8, 4) is 0 Å². The van der Waals surface area contributed by atoms with Gasteiger partial charge >= 0.3 is 5.97 Å². The van der Waals surface area contributed by atoms with Crippen LogP contribution in [0.3, 0.4) is 0 Å². The van der Waals surface area contributed by atoms with Crippen LogP contribution in [0.25, 0.3) is 0 Å². The molecular weight excluding hydrogens is 274 g/mol. The summed E-state index contributed by atoms with van der Waals surface area (Å²) in [6.45, 7) is 4.65. The van der Waals surface area contributed by atoms with Crippen LogP contribution in [0.5, 0.6) is 0 Å². The van der Waals surface area contributed by atoms with Gasteiger partial charge in [0, 0.05) is 37.4 Å². The normalized spacial score (nSPS) is 19.5. The molecule has 21 heavy (non-hydrogen) atoms. The SMILES string of the molecule is CC[C@@H]1CN(C)CCN1c1ccc([N+](=O)[O-])c(C(=O)O)c1. The summed E-state index contributed by atoms with van der Waals surface area (Å²) in [4.78, 5) is 25.8. The summed E-state index contributed by atoms with van der Waals surface area (Å²) in [7, 11) is 2.05. The number of nitrogens with zero attached hydrogens (tertiary/aromatic N) is 3. The molecule has 114 valence electrons. The molecule has 1 saturated heterocycles. The number of piperazine rings is 1. The van der Waals surface area contributed by atoms with Crippen molar-refractivity contribution >= 4 is 17.3 Å². The lowest BCUT2D eigenvalue weighted by atomic mass is 10.1. The van der Waals surface area contributed by atoms with E-state index in [1.165, 1.54) is 12.1 Å². The zero-order valence-corrected chi connectivity index (χ0v) is 12.2. The second-order valence-corrected chi connectivity index (χ2v) is 5.28. The average Bonchev–Trinajstić information content (AvgIpc) is 2.46. The molecule has 0 bridgehead atoms. The molecule has 1 fully saturated rings. The van der Waals surface area contributed by atoms with Gasteiger partial charge in [-0.25, -0.2) is 4.79 Å². The van der Waals surface area contributed by atoms with Crippen LogP contribution in [0.2, 0.25) is 0 Å². The molecule has 0 unspecified atom stereocenters. The van der Waals surface area contributed by atoms with Crippen LogP contribution in [-0.4, -0.2) is 53.6 Å². The van der Waals surface area contributed by atoms with Gasteiger partial charge in [-0.3, -0.25) is 10.1 Å². The number of benzene rings is 1. The minimum absolute atomic E-state index is 0.258. The molecule has 1 atom stereocenters. The fourth-order valence-corrected chi connectivity index (χ4v) is 2.73. The monoisotopic (exact) mass is 293 g/mol. The number of aromatic carboxylic acids is 1. The number of carboxylic acid groups (broad SMARTS) is 1. The van der Waals surface area contributed by atoms with E-state index in [9.17, 15) is 20.0 Å². The maximum absolute atomic E-state index is 11.2. The van der Waals surface area contributed by atoms with Crippen molar-refractivity contribution in [2.45, 2.75) is 19.4 Å². The summed E-state index contributed by atoms with van der Waals surface area (Å²) in [6, 6.07) is 4.61. The van der Waals surface area contributed by atoms with E-state index in [2.05, 4.69) is 23.8 Å². The molecule has 1 aromatic rings. The number of nitro benzene ring substituents is 1. The van der Waals surface area contributed by atoms with Gasteiger partial charge in [-0.2, -0.15) is 0 Å². The number of hydrogen-bond donors (Lipinski definition) is 1. The Morgan fingerprint density at radius 2 is 2.19 bits per heavy atom. The molecule has 0 spiro atoms. The fraction of sp³-hybridized carbons (Fsp3) is 0.500. The van der Waals surface area contributed by atoms with E-state index < -0.39 is 10.9 Å². The fourth-order valence-electron chi connectivity index (χ4n) is 2.73. The van der Waals surface area contributed by atoms with E-state index in [0.29, 0.717) is 0 Å². The minimum atomic E-state index is -1.27. The number of likely N-dealkylation sites (N-methyl/N-ethyl adjacent to an activating group) is 1. The van der Waals surface area contributed by atoms with Gasteiger partial charge in [-0.05, 0) is 25.6 Å². The van der Waals surface area contributed by atoms with Gasteiger partial charge in [0.25, 0.3) is 5.69 Å². The Labute approximate surface area is 122 Å². The first-order chi connectivity index (χ1) is 9.93. The highest BCUT2D eigenvalue weighted by molar-refractivity contribution is 5.93. The first-order valence-corrected chi connectivity index (χ1v) is 6.91. The Balaban J connectivity index is 2.38. The minimum Gasteiger partial charge on any atom is -0.477 e. The van der Waals surface area contributed by atoms with Crippen molar-refractivity contribution in [2.24, 2.45) is 0 Å². The third-order valence-corrected chi connectivity index (χ3v) is 3.90. The van der Waals surface area contributed by atoms with Crippen LogP contribution >= 0.6 is 0 Å². The molecular formula is C14H19N3O4. The lowest BCUT2D eigenvalue weighted by Crippen LogP contribution is -2.51. The zero-order valence-electron chi connectivity index (χ0n) is 12.2. The van der Waals surface area contributed by atoms with Gasteiger partial charge in [0.1, 0.15) is 5.56 Å². The maximum Gasteiger partial charge on any atom is 0.342 e. The van der Waals surface area contributed by atoms with Crippen molar-refractivity contribution in [1.82, 2.24) is 4.90 Å². The van der Waals surface area contributed by atoms with Gasteiger partial charge in [0.2, 0.25) is 0 Å². The second-order valence-electron chi connectivity index (χ2n) is 5.28. The van der Waals surface area contributed by atoms with Crippen LogP contribution < -0.4 is 4.90 Å². The number of anilines is 1. The van der Waals surface area contributed by atoms with Crippen molar-refractivity contribution < 1.29 is 14.8 Å². The van der Waals surface area contributed by atoms with E-state index in [0.717, 1.165) is 31.7 Å². The summed E-state index contributed by atoms with van der Waals surface area (Å²) >= 11 is 0. The van der Waals surface area contributed by atoms with Gasteiger partial charge < -0.3 is 14.9 Å². The second kappa shape index (κ2) is 6.09. The van der Waals surface area contributed by atoms with Gasteiger partial charge in [-0.1, -0.05) is 6.92 Å². The molecule has 0 saturated carbocycles. The number of carboxylic acids is 1. The van der Waals surface area contributed by atoms with Crippen LogP contribution in [0, 0.1) is 10.1 Å². The molecule has 1 aliphatic rings. The Hall–Kier alpha value is -2.15. The summed E-state index contributed by atoms with van der Waals surface area (Å²) in [5.41, 5.74) is 0.109. The topological polar surface area (TPSA) is 86.9 Å². The van der Waals surface area contributed by atoms with E-state index in [1.54, 1.807) is 6.07 Å². The highest BCUT2D eigenvalue weighted by Crippen LogP contribution is 2.28. The summed E-state index contributed by atoms with van der Waals surface area (Å²) < 4.78 is 0. The molecule has 0 radical (unpaired) electrons. The van der Waals surface area contributed by atoms with Gasteiger partial charge in [0.15, 0.2) is 0 Å². The number of nitro groups is 1. The van der Waals surface area contributed by atoms with Crippen molar-refractivity contribution in [2.75, 3.05) is 31.6 Å². The van der Waals surface area contributed by atoms with Crippen LogP contribution in [0.4, 0.5) is 11.4 Å². The van der Waals surface area contributed by atoms with Crippen LogP contribution in [-0.2, 0) is 0 Å². The molecule has 2 rings (SSSR count). The number of carbonyl (C=O) groups is 1. The predicted octanol–water partition coefficient (Wildman–Crippen LogP) is 1.82. The third kappa shape index (κ3) is 3.13. The molecule has 1 aliphatic heterocycles. The van der Waals surface area contributed by atoms with Crippen LogP contribution in [0.15, 0.2) is 18.2 Å². The Morgan fingerprint density at radius 3 is 2.76 bits per heavy atom. The molecule has 1 aromatic carbocycles. The highest BCUT2D eigenvalue weighted by atomic mass is 16.6. The molecule has 7 nitrogen and oxygen atoms in total. The lowest BCUT2D eigenvalue weighted by Gasteiger charge is -2.41. The Morgan fingerprint density at radius 1 is 1.48 bits per heavy atom. The van der Waals surface area contributed by atoms with Gasteiger partial charge in [0.05, 0.1) is 4.92 Å². The largest absolute Gasteiger partial charge is 0.477 e. The number of hydrogen-bond acceptors (Lipinski definition) is 5. The van der Waals surface area contributed by atoms with E-state index in [-0.39, 0.29) is 17.3 Å². The Kier molecular flexibility index (Phi) is 4.42. The average molecular weight is 293 g/mol. The standard InChI is InChI=1S/C14H19N3O4/c1-3-10-9-15(2)6-7-16(10)11-4-5-13(17(20)21)12(8-11)14(18)19/h4-5,8,10H,3,6-7,9H2,1-2H3,(H,18,19)/t10-/m1/s1. The lowest BCUT2D eigenvalue weighted by molar-refractivity contribution is -0.385. The van der Waals surface area contributed by atoms with E-state index in [4.69, 9.17) is 0 Å². The summed E-state index contributed by atoms with van der Waals surface area (Å²) in [5, 5.41) is 20.1. The van der Waals surface area contributed by atoms with Crippen molar-refractivity contribution in [3.05, 3.63) is 33.9 Å². The number of rotatable bonds is 4. The first kappa shape index (κ1) is 15.2. The van der Waals surface area contributed by atoms with Crippen LogP contribution in [0.1, 0.15) is 23.7 Å². The molecule has 1 N–H and O–H groups in total. The molecule has 7 heteroatoms. The molecule has 0 aromatic heterocycles. The first-order valence-electron chi connectivity index (χ1n) is 6.91. The quantitative estimate of drug-likeness (QED) is 0.673. The predicted molar refractivity (Wildman–Crippen MR) is 79.0 cm³/mol. The van der Waals surface area contributed by atoms with E-state index in [1.807, 2.05) is 0 Å². The van der Waals surface area contributed by atoms with E-state index >= 15 is 0 Å². The molecule has 1 heterocycles. The Bertz CT molecular complexity index is 561. The molecule has 0 amide bonds. The van der Waals surface area contributed by atoms with Gasteiger partial charge in [-0.15, -0.1) is 0 Å². The van der Waals surface area contributed by atoms with Crippen molar-refractivity contribution in [3.63, 3.8) is 0 Å². The smallest absolute Gasteiger partial charge is 0.342 e. The van der Waals surface area contributed by atoms with Crippen molar-refractivity contribution in [1.29, 1.82) is 0 Å². The third-order valence-electron chi connectivity index (χ3n) is 3.90. The highest BCUT2D eigenvalue weighted by Gasteiger charge is 2.27. The summed E-state index contributed by atoms with van der Waals surface area (Å²) in [6.07, 6.45) is 0.934.